The molecule has 1 nitrogen and oxygen atoms in total. The van der Waals surface area contributed by atoms with E-state index in [1.165, 1.54) is 6.42 Å². The van der Waals surface area contributed by atoms with Crippen molar-refractivity contribution >= 4 is 11.6 Å². The molecule has 0 spiro atoms. The molecular formula is C10H22ClN. The molecule has 0 amide bonds. The molecule has 0 saturated carbocycles. The lowest BCUT2D eigenvalue weighted by Crippen LogP contribution is -2.26. The molecule has 0 aromatic heterocycles. The third-order valence-corrected chi connectivity index (χ3v) is 2.50. The lowest BCUT2D eigenvalue weighted by molar-refractivity contribution is 0.446. The Morgan fingerprint density at radius 2 is 1.75 bits per heavy atom. The van der Waals surface area contributed by atoms with Crippen LogP contribution in [0.3, 0.4) is 0 Å². The molecule has 0 radical (unpaired) electrons. The number of hydrogen-bond donors (Lipinski definition) is 1. The number of alkyl halides is 1. The maximum atomic E-state index is 5.64. The predicted molar refractivity (Wildman–Crippen MR) is 56.8 cm³/mol. The van der Waals surface area contributed by atoms with Gasteiger partial charge in [0.25, 0.3) is 0 Å². The van der Waals surface area contributed by atoms with Crippen LogP contribution in [0.1, 0.15) is 33.6 Å². The molecular weight excluding hydrogens is 170 g/mol. The van der Waals surface area contributed by atoms with Crippen molar-refractivity contribution in [1.82, 2.24) is 5.32 Å². The van der Waals surface area contributed by atoms with E-state index in [4.69, 9.17) is 11.6 Å². The van der Waals surface area contributed by atoms with Gasteiger partial charge in [0.05, 0.1) is 0 Å². The summed E-state index contributed by atoms with van der Waals surface area (Å²) >= 11 is 5.64. The second-order valence-electron chi connectivity index (χ2n) is 3.75. The highest BCUT2D eigenvalue weighted by molar-refractivity contribution is 6.17. The van der Waals surface area contributed by atoms with E-state index in [0.717, 1.165) is 31.3 Å². The van der Waals surface area contributed by atoms with Gasteiger partial charge in [0.1, 0.15) is 0 Å². The summed E-state index contributed by atoms with van der Waals surface area (Å²) in [5, 5.41) is 3.46. The molecule has 1 N–H and O–H groups in total. The molecule has 0 aliphatic heterocycles. The topological polar surface area (TPSA) is 12.0 Å². The van der Waals surface area contributed by atoms with Gasteiger partial charge in [0, 0.05) is 5.88 Å². The van der Waals surface area contributed by atoms with Crippen molar-refractivity contribution in [2.45, 2.75) is 33.6 Å². The van der Waals surface area contributed by atoms with Crippen LogP contribution in [0.5, 0.6) is 0 Å². The van der Waals surface area contributed by atoms with Gasteiger partial charge in [0.2, 0.25) is 0 Å². The van der Waals surface area contributed by atoms with Crippen molar-refractivity contribution in [2.75, 3.05) is 19.0 Å². The van der Waals surface area contributed by atoms with Crippen LogP contribution in [0.4, 0.5) is 0 Å². The molecule has 0 rings (SSSR count). The smallest absolute Gasteiger partial charge is 0.0226 e. The summed E-state index contributed by atoms with van der Waals surface area (Å²) in [6, 6.07) is 0. The summed E-state index contributed by atoms with van der Waals surface area (Å²) in [5.74, 6) is 2.30. The number of nitrogens with one attached hydrogen (secondary N) is 1. The Bertz CT molecular complexity index is 95.8. The highest BCUT2D eigenvalue weighted by atomic mass is 35.5. The lowest BCUT2D eigenvalue weighted by atomic mass is 10.1. The summed E-state index contributed by atoms with van der Waals surface area (Å²) in [6.45, 7) is 9.00. The molecule has 0 heterocycles. The molecule has 12 heavy (non-hydrogen) atoms. The van der Waals surface area contributed by atoms with Gasteiger partial charge in [-0.3, -0.25) is 0 Å². The Hall–Kier alpha value is 0.250. The van der Waals surface area contributed by atoms with Crippen LogP contribution in [-0.4, -0.2) is 19.0 Å². The molecule has 2 atom stereocenters. The monoisotopic (exact) mass is 191 g/mol. The van der Waals surface area contributed by atoms with Gasteiger partial charge < -0.3 is 5.32 Å². The Labute approximate surface area is 81.9 Å². The Balaban J connectivity index is 3.18. The van der Waals surface area contributed by atoms with E-state index < -0.39 is 0 Å². The van der Waals surface area contributed by atoms with Gasteiger partial charge in [-0.05, 0) is 31.3 Å². The van der Waals surface area contributed by atoms with Crippen molar-refractivity contribution in [2.24, 2.45) is 11.8 Å². The van der Waals surface area contributed by atoms with Crippen LogP contribution in [0.25, 0.3) is 0 Å². The molecule has 0 aromatic carbocycles. The van der Waals surface area contributed by atoms with Crippen LogP contribution in [0.15, 0.2) is 0 Å². The number of halogens is 1. The van der Waals surface area contributed by atoms with E-state index >= 15 is 0 Å². The van der Waals surface area contributed by atoms with Gasteiger partial charge in [-0.1, -0.05) is 27.2 Å². The molecule has 2 unspecified atom stereocenters. The van der Waals surface area contributed by atoms with E-state index in [-0.39, 0.29) is 0 Å². The van der Waals surface area contributed by atoms with Crippen molar-refractivity contribution in [1.29, 1.82) is 0 Å². The minimum Gasteiger partial charge on any atom is -0.316 e. The zero-order valence-corrected chi connectivity index (χ0v) is 9.32. The second kappa shape index (κ2) is 7.88. The first-order valence-electron chi connectivity index (χ1n) is 4.97. The van der Waals surface area contributed by atoms with Gasteiger partial charge in [-0.15, -0.1) is 11.6 Å². The van der Waals surface area contributed by atoms with Crippen molar-refractivity contribution in [3.63, 3.8) is 0 Å². The van der Waals surface area contributed by atoms with Crippen LogP contribution in [0.2, 0.25) is 0 Å². The van der Waals surface area contributed by atoms with Crippen LogP contribution in [-0.2, 0) is 0 Å². The van der Waals surface area contributed by atoms with E-state index in [1.807, 2.05) is 0 Å². The number of hydrogen-bond acceptors (Lipinski definition) is 1. The first-order valence-corrected chi connectivity index (χ1v) is 5.50. The molecule has 0 bridgehead atoms. The van der Waals surface area contributed by atoms with Crippen LogP contribution < -0.4 is 5.32 Å². The van der Waals surface area contributed by atoms with Crippen LogP contribution in [0, 0.1) is 11.8 Å². The largest absolute Gasteiger partial charge is 0.316 e. The van der Waals surface area contributed by atoms with E-state index in [2.05, 4.69) is 26.1 Å². The molecule has 0 fully saturated rings. The first kappa shape index (κ1) is 12.2. The zero-order chi connectivity index (χ0) is 9.40. The third-order valence-electron chi connectivity index (χ3n) is 2.28. The molecule has 0 saturated heterocycles. The summed E-state index contributed by atoms with van der Waals surface area (Å²) in [4.78, 5) is 0. The molecule has 0 aliphatic rings. The van der Waals surface area contributed by atoms with Gasteiger partial charge in [0.15, 0.2) is 0 Å². The number of rotatable bonds is 7. The van der Waals surface area contributed by atoms with E-state index in [0.29, 0.717) is 5.92 Å². The standard InChI is InChI=1S/C10H22ClN/c1-4-9(2)7-12-8-10(3)5-6-11/h9-10,12H,4-8H2,1-3H3. The average Bonchev–Trinajstić information content (AvgIpc) is 2.04. The van der Waals surface area contributed by atoms with Gasteiger partial charge in [-0.25, -0.2) is 0 Å². The fourth-order valence-corrected chi connectivity index (χ4v) is 1.38. The summed E-state index contributed by atoms with van der Waals surface area (Å²) in [5.41, 5.74) is 0. The fourth-order valence-electron chi connectivity index (χ4n) is 1.01. The summed E-state index contributed by atoms with van der Waals surface area (Å²) in [7, 11) is 0. The third kappa shape index (κ3) is 6.93. The quantitative estimate of drug-likeness (QED) is 0.611. The van der Waals surface area contributed by atoms with E-state index in [9.17, 15) is 0 Å². The van der Waals surface area contributed by atoms with Gasteiger partial charge in [-0.2, -0.15) is 0 Å². The molecule has 74 valence electrons. The van der Waals surface area contributed by atoms with Gasteiger partial charge >= 0.3 is 0 Å². The van der Waals surface area contributed by atoms with Crippen molar-refractivity contribution in [3.8, 4) is 0 Å². The highest BCUT2D eigenvalue weighted by Gasteiger charge is 2.01. The van der Waals surface area contributed by atoms with Crippen LogP contribution >= 0.6 is 11.6 Å². The Kier molecular flexibility index (Phi) is 8.04. The zero-order valence-electron chi connectivity index (χ0n) is 8.57. The molecule has 2 heteroatoms. The fraction of sp³-hybridized carbons (Fsp3) is 1.00. The van der Waals surface area contributed by atoms with Crippen molar-refractivity contribution in [3.05, 3.63) is 0 Å². The SMILES string of the molecule is CCC(C)CNCC(C)CCCl. The Morgan fingerprint density at radius 3 is 2.25 bits per heavy atom. The minimum atomic E-state index is 0.714. The summed E-state index contributed by atoms with van der Waals surface area (Å²) in [6.07, 6.45) is 2.38. The second-order valence-corrected chi connectivity index (χ2v) is 4.13. The van der Waals surface area contributed by atoms with E-state index in [1.54, 1.807) is 0 Å². The molecule has 0 aliphatic carbocycles. The maximum Gasteiger partial charge on any atom is 0.0226 e. The maximum absolute atomic E-state index is 5.64. The lowest BCUT2D eigenvalue weighted by Gasteiger charge is -2.13. The predicted octanol–water partition coefficient (Wildman–Crippen LogP) is 2.89. The van der Waals surface area contributed by atoms with Crippen molar-refractivity contribution < 1.29 is 0 Å². The normalized spacial score (nSPS) is 16.0. The minimum absolute atomic E-state index is 0.714. The highest BCUT2D eigenvalue weighted by Crippen LogP contribution is 2.02. The summed E-state index contributed by atoms with van der Waals surface area (Å²) < 4.78 is 0. The molecule has 0 aromatic rings. The average molecular weight is 192 g/mol. The Morgan fingerprint density at radius 1 is 1.17 bits per heavy atom. The first-order chi connectivity index (χ1) is 5.70.